The zero-order valence-corrected chi connectivity index (χ0v) is 17.5. The van der Waals surface area contributed by atoms with Crippen LogP contribution in [0.4, 0.5) is 5.69 Å². The molecule has 2 N–H and O–H groups in total. The number of nitrogens with one attached hydrogen (secondary N) is 2. The van der Waals surface area contributed by atoms with Crippen molar-refractivity contribution >= 4 is 22.8 Å². The number of fused-ring (bicyclic) bond motifs is 1. The molecular weight excluding hydrogens is 392 g/mol. The number of carbonyl (C=O) groups excluding carboxylic acids is 1. The number of H-pyrrole nitrogens is 1. The van der Waals surface area contributed by atoms with E-state index in [0.717, 1.165) is 5.56 Å². The van der Waals surface area contributed by atoms with E-state index in [2.05, 4.69) is 41.0 Å². The molecule has 4 aromatic rings. The van der Waals surface area contributed by atoms with Gasteiger partial charge in [0, 0.05) is 29.6 Å². The zero-order valence-electron chi connectivity index (χ0n) is 17.5. The average molecular weight is 414 g/mol. The summed E-state index contributed by atoms with van der Waals surface area (Å²) in [6.45, 7) is 6.32. The molecule has 7 heteroatoms. The summed E-state index contributed by atoms with van der Waals surface area (Å²) in [7, 11) is 0. The standard InChI is InChI=1S/C24H22N4O3/c1-24(2,3)16-7-4-6-15(12-16)23(30)27-17-8-5-9-18(13-17)31-19-10-11-25-22-21(19)28-20(29)14-26-22/h4-14H,1-3H3,(H,27,30)(H,28,29). The van der Waals surface area contributed by atoms with E-state index in [1.807, 2.05) is 18.2 Å². The summed E-state index contributed by atoms with van der Waals surface area (Å²) in [6, 6.07) is 16.3. The number of amides is 1. The molecule has 0 bridgehead atoms. The molecule has 0 radical (unpaired) electrons. The summed E-state index contributed by atoms with van der Waals surface area (Å²) >= 11 is 0. The van der Waals surface area contributed by atoms with Crippen LogP contribution in [0, 0.1) is 0 Å². The van der Waals surface area contributed by atoms with E-state index < -0.39 is 0 Å². The van der Waals surface area contributed by atoms with Crippen LogP contribution in [-0.4, -0.2) is 20.9 Å². The number of hydrogen-bond acceptors (Lipinski definition) is 5. The third kappa shape index (κ3) is 4.61. The molecule has 2 aromatic heterocycles. The van der Waals surface area contributed by atoms with Crippen molar-refractivity contribution in [3.8, 4) is 11.5 Å². The normalized spacial score (nSPS) is 11.3. The first kappa shape index (κ1) is 20.3. The van der Waals surface area contributed by atoms with Crippen molar-refractivity contribution in [1.82, 2.24) is 15.0 Å². The molecule has 0 spiro atoms. The predicted molar refractivity (Wildman–Crippen MR) is 120 cm³/mol. The Morgan fingerprint density at radius 1 is 1.03 bits per heavy atom. The highest BCUT2D eigenvalue weighted by atomic mass is 16.5. The minimum atomic E-state index is -0.344. The lowest BCUT2D eigenvalue weighted by Crippen LogP contribution is -2.15. The van der Waals surface area contributed by atoms with Gasteiger partial charge in [0.2, 0.25) is 0 Å². The fraction of sp³-hybridized carbons (Fsp3) is 0.167. The van der Waals surface area contributed by atoms with Crippen LogP contribution in [0.1, 0.15) is 36.7 Å². The van der Waals surface area contributed by atoms with E-state index >= 15 is 0 Å². The molecule has 0 saturated heterocycles. The molecule has 31 heavy (non-hydrogen) atoms. The Bertz CT molecular complexity index is 1320. The summed E-state index contributed by atoms with van der Waals surface area (Å²) in [6.07, 6.45) is 2.72. The maximum atomic E-state index is 12.8. The Balaban J connectivity index is 1.57. The maximum absolute atomic E-state index is 12.8. The highest BCUT2D eigenvalue weighted by molar-refractivity contribution is 6.04. The van der Waals surface area contributed by atoms with Crippen molar-refractivity contribution < 1.29 is 9.53 Å². The fourth-order valence-electron chi connectivity index (χ4n) is 3.10. The second-order valence-electron chi connectivity index (χ2n) is 8.17. The Morgan fingerprint density at radius 3 is 2.65 bits per heavy atom. The minimum absolute atomic E-state index is 0.0484. The van der Waals surface area contributed by atoms with Crippen molar-refractivity contribution in [2.75, 3.05) is 5.32 Å². The Morgan fingerprint density at radius 2 is 1.84 bits per heavy atom. The molecule has 0 fully saturated rings. The Kier molecular flexibility index (Phi) is 5.25. The largest absolute Gasteiger partial charge is 0.455 e. The molecule has 1 amide bonds. The molecule has 0 aliphatic rings. The Labute approximate surface area is 179 Å². The van der Waals surface area contributed by atoms with E-state index in [0.29, 0.717) is 33.9 Å². The highest BCUT2D eigenvalue weighted by Crippen LogP contribution is 2.28. The molecule has 156 valence electrons. The first-order valence-electron chi connectivity index (χ1n) is 9.83. The lowest BCUT2D eigenvalue weighted by Gasteiger charge is -2.19. The van der Waals surface area contributed by atoms with Crippen LogP contribution >= 0.6 is 0 Å². The predicted octanol–water partition coefficient (Wildman–Crippen LogP) is 4.66. The third-order valence-electron chi connectivity index (χ3n) is 4.76. The van der Waals surface area contributed by atoms with Crippen molar-refractivity contribution in [3.63, 3.8) is 0 Å². The molecule has 7 nitrogen and oxygen atoms in total. The second-order valence-corrected chi connectivity index (χ2v) is 8.17. The lowest BCUT2D eigenvalue weighted by atomic mass is 9.86. The van der Waals surface area contributed by atoms with E-state index in [1.54, 1.807) is 42.6 Å². The summed E-state index contributed by atoms with van der Waals surface area (Å²) in [5, 5.41) is 2.91. The number of nitrogens with zero attached hydrogens (tertiary/aromatic N) is 2. The minimum Gasteiger partial charge on any atom is -0.455 e. The maximum Gasteiger partial charge on any atom is 0.267 e. The van der Waals surface area contributed by atoms with Gasteiger partial charge in [0.05, 0.1) is 6.20 Å². The van der Waals surface area contributed by atoms with Gasteiger partial charge in [0.25, 0.3) is 11.5 Å². The lowest BCUT2D eigenvalue weighted by molar-refractivity contribution is 0.102. The molecule has 0 atom stereocenters. The summed E-state index contributed by atoms with van der Waals surface area (Å²) in [5.74, 6) is 0.709. The number of hydrogen-bond donors (Lipinski definition) is 2. The van der Waals surface area contributed by atoms with Gasteiger partial charge >= 0.3 is 0 Å². The quantitative estimate of drug-likeness (QED) is 0.506. The van der Waals surface area contributed by atoms with Gasteiger partial charge < -0.3 is 15.0 Å². The Hall–Kier alpha value is -4.00. The van der Waals surface area contributed by atoms with Crippen molar-refractivity contribution in [1.29, 1.82) is 0 Å². The molecule has 2 aromatic carbocycles. The van der Waals surface area contributed by atoms with Gasteiger partial charge in [-0.25, -0.2) is 9.97 Å². The molecule has 0 saturated carbocycles. The number of benzene rings is 2. The zero-order chi connectivity index (χ0) is 22.0. The number of anilines is 1. The van der Waals surface area contributed by atoms with Crippen LogP contribution in [-0.2, 0) is 5.41 Å². The molecule has 0 aliphatic heterocycles. The van der Waals surface area contributed by atoms with Gasteiger partial charge in [-0.15, -0.1) is 0 Å². The molecule has 2 heterocycles. The molecule has 0 unspecified atom stereocenters. The number of aromatic nitrogens is 3. The SMILES string of the molecule is CC(C)(C)c1cccc(C(=O)Nc2cccc(Oc3ccnc4ncc(=O)[nH]c34)c2)c1. The van der Waals surface area contributed by atoms with Gasteiger partial charge in [0.15, 0.2) is 11.4 Å². The first-order valence-corrected chi connectivity index (χ1v) is 9.83. The van der Waals surface area contributed by atoms with Crippen LogP contribution in [0.15, 0.2) is 71.8 Å². The van der Waals surface area contributed by atoms with Crippen LogP contribution in [0.5, 0.6) is 11.5 Å². The number of aromatic amines is 1. The number of carbonyl (C=O) groups is 1. The number of rotatable bonds is 4. The van der Waals surface area contributed by atoms with Crippen molar-refractivity contribution in [2.24, 2.45) is 0 Å². The second kappa shape index (κ2) is 8.02. The van der Waals surface area contributed by atoms with Gasteiger partial charge in [-0.2, -0.15) is 0 Å². The summed E-state index contributed by atoms with van der Waals surface area (Å²) in [5.41, 5.74) is 2.65. The van der Waals surface area contributed by atoms with E-state index in [-0.39, 0.29) is 16.9 Å². The van der Waals surface area contributed by atoms with Gasteiger partial charge in [-0.1, -0.05) is 39.0 Å². The van der Waals surface area contributed by atoms with Crippen LogP contribution in [0.2, 0.25) is 0 Å². The van der Waals surface area contributed by atoms with Crippen LogP contribution in [0.25, 0.3) is 11.2 Å². The first-order chi connectivity index (χ1) is 14.8. The summed E-state index contributed by atoms with van der Waals surface area (Å²) in [4.78, 5) is 35.2. The average Bonchev–Trinajstić information content (AvgIpc) is 2.74. The van der Waals surface area contributed by atoms with Gasteiger partial charge in [-0.3, -0.25) is 9.59 Å². The smallest absolute Gasteiger partial charge is 0.267 e. The number of ether oxygens (including phenoxy) is 1. The van der Waals surface area contributed by atoms with Crippen molar-refractivity contribution in [3.05, 3.63) is 88.5 Å². The summed E-state index contributed by atoms with van der Waals surface area (Å²) < 4.78 is 5.94. The molecule has 0 aliphatic carbocycles. The monoisotopic (exact) mass is 414 g/mol. The van der Waals surface area contributed by atoms with Gasteiger partial charge in [0.1, 0.15) is 11.3 Å². The number of pyridine rings is 1. The van der Waals surface area contributed by atoms with Crippen molar-refractivity contribution in [2.45, 2.75) is 26.2 Å². The highest BCUT2D eigenvalue weighted by Gasteiger charge is 2.16. The molecule has 4 rings (SSSR count). The van der Waals surface area contributed by atoms with Crippen LogP contribution < -0.4 is 15.6 Å². The van der Waals surface area contributed by atoms with E-state index in [1.165, 1.54) is 6.20 Å². The van der Waals surface area contributed by atoms with E-state index in [4.69, 9.17) is 4.74 Å². The molecular formula is C24H22N4O3. The van der Waals surface area contributed by atoms with Gasteiger partial charge in [-0.05, 0) is 35.2 Å². The third-order valence-corrected chi connectivity index (χ3v) is 4.76. The topological polar surface area (TPSA) is 97.0 Å². The van der Waals surface area contributed by atoms with Crippen LogP contribution in [0.3, 0.4) is 0 Å². The van der Waals surface area contributed by atoms with E-state index in [9.17, 15) is 9.59 Å². The fourth-order valence-corrected chi connectivity index (χ4v) is 3.10.